The standard InChI is InChI=1S/C23H26N4O2/c1-15(2)23(3,4)29-17-9-7-8-16(12-17)20-13-21(27-22(24)25-14-28)18-10-5-6-11-19(18)26-20/h5-15H,1-4H3,(H3,24,25,26,27,28). The van der Waals surface area contributed by atoms with Gasteiger partial charge in [-0.1, -0.05) is 44.2 Å². The highest BCUT2D eigenvalue weighted by Crippen LogP contribution is 2.33. The molecule has 29 heavy (non-hydrogen) atoms. The molecule has 2 aromatic carbocycles. The van der Waals surface area contributed by atoms with Crippen LogP contribution in [0, 0.1) is 5.92 Å². The number of hydrogen-bond donors (Lipinski definition) is 2. The lowest BCUT2D eigenvalue weighted by Gasteiger charge is -2.30. The van der Waals surface area contributed by atoms with Crippen molar-refractivity contribution in [3.8, 4) is 17.0 Å². The Kier molecular flexibility index (Phi) is 5.82. The lowest BCUT2D eigenvalue weighted by atomic mass is 9.94. The van der Waals surface area contributed by atoms with Crippen molar-refractivity contribution in [2.45, 2.75) is 33.3 Å². The summed E-state index contributed by atoms with van der Waals surface area (Å²) in [4.78, 5) is 19.8. The quantitative estimate of drug-likeness (QED) is 0.371. The first kappa shape index (κ1) is 20.3. The SMILES string of the molecule is CC(C)C(C)(C)Oc1cccc(-c2cc(N=C(N)NC=O)c3ccccc3n2)c1. The molecule has 3 aromatic rings. The number of nitrogens with zero attached hydrogens (tertiary/aromatic N) is 2. The number of benzene rings is 2. The van der Waals surface area contributed by atoms with E-state index in [1.54, 1.807) is 0 Å². The van der Waals surface area contributed by atoms with Crippen LogP contribution in [-0.2, 0) is 4.79 Å². The van der Waals surface area contributed by atoms with E-state index in [1.807, 2.05) is 54.6 Å². The van der Waals surface area contributed by atoms with Gasteiger partial charge in [0, 0.05) is 10.9 Å². The number of aliphatic imine (C=N–C) groups is 1. The van der Waals surface area contributed by atoms with Crippen molar-refractivity contribution in [3.05, 3.63) is 54.6 Å². The van der Waals surface area contributed by atoms with E-state index in [0.717, 1.165) is 27.9 Å². The smallest absolute Gasteiger partial charge is 0.213 e. The average Bonchev–Trinajstić information content (AvgIpc) is 2.68. The molecule has 0 atom stereocenters. The summed E-state index contributed by atoms with van der Waals surface area (Å²) >= 11 is 0. The summed E-state index contributed by atoms with van der Waals surface area (Å²) < 4.78 is 6.22. The first-order valence-corrected chi connectivity index (χ1v) is 9.54. The zero-order valence-corrected chi connectivity index (χ0v) is 17.1. The summed E-state index contributed by atoms with van der Waals surface area (Å²) in [6, 6.07) is 17.4. The molecule has 0 aliphatic carbocycles. The molecule has 0 aliphatic rings. The molecule has 1 heterocycles. The minimum absolute atomic E-state index is 0.0260. The molecular formula is C23H26N4O2. The maximum Gasteiger partial charge on any atom is 0.213 e. The Morgan fingerprint density at radius 3 is 2.66 bits per heavy atom. The Hall–Kier alpha value is -3.41. The van der Waals surface area contributed by atoms with E-state index < -0.39 is 0 Å². The van der Waals surface area contributed by atoms with Crippen LogP contribution in [0.4, 0.5) is 5.69 Å². The summed E-state index contributed by atoms with van der Waals surface area (Å²) in [6.07, 6.45) is 0.500. The topological polar surface area (TPSA) is 89.6 Å². The second-order valence-electron chi connectivity index (χ2n) is 7.69. The van der Waals surface area contributed by atoms with E-state index in [-0.39, 0.29) is 11.6 Å². The highest BCUT2D eigenvalue weighted by Gasteiger charge is 2.24. The fourth-order valence-electron chi connectivity index (χ4n) is 2.76. The fraction of sp³-hybridized carbons (Fsp3) is 0.261. The molecule has 3 N–H and O–H groups in total. The number of aromatic nitrogens is 1. The molecule has 6 nitrogen and oxygen atoms in total. The number of carbonyl (C=O) groups is 1. The third-order valence-electron chi connectivity index (χ3n) is 5.04. The number of carbonyl (C=O) groups excluding carboxylic acids is 1. The minimum atomic E-state index is -0.292. The van der Waals surface area contributed by atoms with Crippen molar-refractivity contribution in [2.75, 3.05) is 0 Å². The number of hydrogen-bond acceptors (Lipinski definition) is 4. The van der Waals surface area contributed by atoms with Gasteiger partial charge in [0.25, 0.3) is 0 Å². The molecule has 3 rings (SSSR count). The molecule has 0 aliphatic heterocycles. The number of fused-ring (bicyclic) bond motifs is 1. The van der Waals surface area contributed by atoms with E-state index in [2.05, 4.69) is 38.0 Å². The summed E-state index contributed by atoms with van der Waals surface area (Å²) in [5.74, 6) is 1.17. The molecule has 1 amide bonds. The maximum atomic E-state index is 10.7. The third-order valence-corrected chi connectivity index (χ3v) is 5.04. The second-order valence-corrected chi connectivity index (χ2v) is 7.69. The molecule has 0 unspecified atom stereocenters. The Morgan fingerprint density at radius 1 is 1.17 bits per heavy atom. The van der Waals surface area contributed by atoms with Crippen molar-refractivity contribution >= 4 is 29.0 Å². The number of para-hydroxylation sites is 1. The lowest BCUT2D eigenvalue weighted by molar-refractivity contribution is -0.108. The van der Waals surface area contributed by atoms with Gasteiger partial charge >= 0.3 is 0 Å². The van der Waals surface area contributed by atoms with E-state index >= 15 is 0 Å². The lowest BCUT2D eigenvalue weighted by Crippen LogP contribution is -2.34. The van der Waals surface area contributed by atoms with Crippen LogP contribution in [0.25, 0.3) is 22.2 Å². The zero-order valence-electron chi connectivity index (χ0n) is 17.1. The molecule has 0 saturated heterocycles. The Labute approximate surface area is 170 Å². The molecule has 0 radical (unpaired) electrons. The fourth-order valence-corrected chi connectivity index (χ4v) is 2.76. The van der Waals surface area contributed by atoms with Crippen molar-refractivity contribution in [2.24, 2.45) is 16.6 Å². The van der Waals surface area contributed by atoms with Gasteiger partial charge in [0.2, 0.25) is 6.41 Å². The maximum absolute atomic E-state index is 10.7. The van der Waals surface area contributed by atoms with Crippen LogP contribution < -0.4 is 15.8 Å². The molecule has 1 aromatic heterocycles. The van der Waals surface area contributed by atoms with E-state index in [0.29, 0.717) is 18.0 Å². The van der Waals surface area contributed by atoms with Gasteiger partial charge in [0.1, 0.15) is 11.4 Å². The van der Waals surface area contributed by atoms with Crippen molar-refractivity contribution in [3.63, 3.8) is 0 Å². The van der Waals surface area contributed by atoms with Gasteiger partial charge in [-0.25, -0.2) is 9.98 Å². The number of amides is 1. The van der Waals surface area contributed by atoms with Gasteiger partial charge in [-0.05, 0) is 44.0 Å². The Morgan fingerprint density at radius 2 is 1.93 bits per heavy atom. The monoisotopic (exact) mass is 390 g/mol. The van der Waals surface area contributed by atoms with Gasteiger partial charge < -0.3 is 10.5 Å². The van der Waals surface area contributed by atoms with Gasteiger partial charge in [0.15, 0.2) is 5.96 Å². The van der Waals surface area contributed by atoms with Crippen molar-refractivity contribution < 1.29 is 9.53 Å². The largest absolute Gasteiger partial charge is 0.488 e. The van der Waals surface area contributed by atoms with E-state index in [4.69, 9.17) is 15.5 Å². The van der Waals surface area contributed by atoms with E-state index in [1.165, 1.54) is 0 Å². The second kappa shape index (κ2) is 8.31. The van der Waals surface area contributed by atoms with Crippen LogP contribution in [0.1, 0.15) is 27.7 Å². The number of guanidine groups is 1. The normalized spacial score (nSPS) is 12.2. The number of nitrogens with one attached hydrogen (secondary N) is 1. The molecule has 0 bridgehead atoms. The Bertz CT molecular complexity index is 1060. The van der Waals surface area contributed by atoms with Gasteiger partial charge in [-0.3, -0.25) is 10.1 Å². The van der Waals surface area contributed by atoms with Crippen LogP contribution in [0.5, 0.6) is 5.75 Å². The van der Waals surface area contributed by atoms with Crippen LogP contribution in [-0.4, -0.2) is 23.0 Å². The van der Waals surface area contributed by atoms with Crippen molar-refractivity contribution in [1.29, 1.82) is 0 Å². The number of rotatable bonds is 6. The zero-order chi connectivity index (χ0) is 21.0. The van der Waals surface area contributed by atoms with Gasteiger partial charge in [-0.2, -0.15) is 0 Å². The summed E-state index contributed by atoms with van der Waals surface area (Å²) in [5.41, 5.74) is 8.57. The first-order valence-electron chi connectivity index (χ1n) is 9.54. The number of ether oxygens (including phenoxy) is 1. The third kappa shape index (κ3) is 4.71. The van der Waals surface area contributed by atoms with Crippen LogP contribution in [0.3, 0.4) is 0 Å². The number of pyridine rings is 1. The highest BCUT2D eigenvalue weighted by atomic mass is 16.5. The molecular weight excluding hydrogens is 364 g/mol. The van der Waals surface area contributed by atoms with E-state index in [9.17, 15) is 4.79 Å². The van der Waals surface area contributed by atoms with Gasteiger partial charge in [0.05, 0.1) is 16.9 Å². The molecule has 0 fully saturated rings. The Balaban J connectivity index is 2.07. The minimum Gasteiger partial charge on any atom is -0.488 e. The highest BCUT2D eigenvalue weighted by molar-refractivity contribution is 5.97. The van der Waals surface area contributed by atoms with Crippen molar-refractivity contribution in [1.82, 2.24) is 10.3 Å². The predicted octanol–water partition coefficient (Wildman–Crippen LogP) is 4.41. The number of nitrogens with two attached hydrogens (primary N) is 1. The summed E-state index contributed by atoms with van der Waals surface area (Å²) in [6.45, 7) is 8.43. The van der Waals surface area contributed by atoms with Crippen LogP contribution in [0.2, 0.25) is 0 Å². The van der Waals surface area contributed by atoms with Crippen LogP contribution in [0.15, 0.2) is 59.6 Å². The summed E-state index contributed by atoms with van der Waals surface area (Å²) in [7, 11) is 0. The predicted molar refractivity (Wildman–Crippen MR) is 117 cm³/mol. The summed E-state index contributed by atoms with van der Waals surface area (Å²) in [5, 5.41) is 3.22. The van der Waals surface area contributed by atoms with Gasteiger partial charge in [-0.15, -0.1) is 0 Å². The first-order chi connectivity index (χ1) is 13.8. The van der Waals surface area contributed by atoms with Crippen LogP contribution >= 0.6 is 0 Å². The average molecular weight is 390 g/mol. The molecule has 0 saturated carbocycles. The molecule has 0 spiro atoms. The molecule has 150 valence electrons. The molecule has 6 heteroatoms.